The van der Waals surface area contributed by atoms with E-state index in [1.54, 1.807) is 38.3 Å². The van der Waals surface area contributed by atoms with E-state index >= 15 is 0 Å². The van der Waals surface area contributed by atoms with Crippen LogP contribution in [0.1, 0.15) is 51.0 Å². The van der Waals surface area contributed by atoms with Crippen LogP contribution in [0.4, 0.5) is 0 Å². The fourth-order valence-electron chi connectivity index (χ4n) is 5.91. The minimum absolute atomic E-state index is 0.135. The average molecular weight is 408 g/mol. The Morgan fingerprint density at radius 3 is 2.20 bits per heavy atom. The van der Waals surface area contributed by atoms with Crippen molar-refractivity contribution >= 4 is 18.0 Å². The summed E-state index contributed by atoms with van der Waals surface area (Å²) >= 11 is 0. The molecule has 5 rings (SSSR count). The van der Waals surface area contributed by atoms with Crippen LogP contribution in [0.2, 0.25) is 0 Å². The van der Waals surface area contributed by atoms with Gasteiger partial charge in [0, 0.05) is 5.54 Å². The van der Waals surface area contributed by atoms with Gasteiger partial charge in [-0.3, -0.25) is 4.79 Å². The van der Waals surface area contributed by atoms with E-state index in [2.05, 4.69) is 5.32 Å². The Morgan fingerprint density at radius 1 is 1.13 bits per heavy atom. The number of carbonyl (C=O) groups is 2. The molecule has 4 aliphatic rings. The summed E-state index contributed by atoms with van der Waals surface area (Å²) in [6.45, 7) is 1.57. The molecular weight excluding hydrogens is 380 g/mol. The Kier molecular flexibility index (Phi) is 5.55. The van der Waals surface area contributed by atoms with E-state index in [-0.39, 0.29) is 17.0 Å². The highest BCUT2D eigenvalue weighted by atomic mass is 16.5. The van der Waals surface area contributed by atoms with Gasteiger partial charge in [-0.05, 0) is 87.0 Å². The first-order valence-electron chi connectivity index (χ1n) is 10.7. The van der Waals surface area contributed by atoms with Gasteiger partial charge in [0.15, 0.2) is 6.10 Å². The molecule has 30 heavy (non-hydrogen) atoms. The molecule has 0 aliphatic heterocycles. The van der Waals surface area contributed by atoms with Gasteiger partial charge in [0.2, 0.25) is 0 Å². The fourth-order valence-corrected chi connectivity index (χ4v) is 5.91. The molecule has 4 fully saturated rings. The standard InChI is InChI=1S/C24H28N2O4/c1-15(22(27)26-24-11-17-7-18(12-24)9-19(8-17)13-24)30-23(28)20(14-25)10-16-3-5-21(29-2)6-4-16/h3-6,10,15,17-19H,7-9,11-13H2,1-2H3,(H,26,27)/b20-10+/t15-,17?,18?,19?,24?/m1/s1. The number of hydrogen-bond donors (Lipinski definition) is 1. The van der Waals surface area contributed by atoms with Gasteiger partial charge >= 0.3 is 5.97 Å². The largest absolute Gasteiger partial charge is 0.497 e. The van der Waals surface area contributed by atoms with E-state index in [0.29, 0.717) is 29.1 Å². The van der Waals surface area contributed by atoms with Gasteiger partial charge in [-0.15, -0.1) is 0 Å². The van der Waals surface area contributed by atoms with Crippen LogP contribution >= 0.6 is 0 Å². The first kappa shape index (κ1) is 20.5. The van der Waals surface area contributed by atoms with Crippen molar-refractivity contribution in [2.45, 2.75) is 57.1 Å². The molecular formula is C24H28N2O4. The number of methoxy groups -OCH3 is 1. The van der Waals surface area contributed by atoms with Crippen LogP contribution in [-0.2, 0) is 14.3 Å². The number of ether oxygens (including phenoxy) is 2. The molecule has 1 atom stereocenters. The molecule has 0 spiro atoms. The maximum absolute atomic E-state index is 12.8. The highest BCUT2D eigenvalue weighted by Crippen LogP contribution is 2.55. The van der Waals surface area contributed by atoms with E-state index < -0.39 is 12.1 Å². The average Bonchev–Trinajstić information content (AvgIpc) is 2.70. The third kappa shape index (κ3) is 4.21. The van der Waals surface area contributed by atoms with Crippen LogP contribution in [0, 0.1) is 29.1 Å². The Balaban J connectivity index is 1.38. The molecule has 158 valence electrons. The molecule has 0 saturated heterocycles. The van der Waals surface area contributed by atoms with Gasteiger partial charge in [-0.25, -0.2) is 4.79 Å². The van der Waals surface area contributed by atoms with Crippen LogP contribution in [0.15, 0.2) is 29.8 Å². The normalized spacial score (nSPS) is 30.3. The van der Waals surface area contributed by atoms with Gasteiger partial charge < -0.3 is 14.8 Å². The van der Waals surface area contributed by atoms with Crippen LogP contribution < -0.4 is 10.1 Å². The number of rotatable bonds is 6. The van der Waals surface area contributed by atoms with E-state index in [0.717, 1.165) is 19.3 Å². The van der Waals surface area contributed by atoms with E-state index in [1.807, 2.05) is 6.07 Å². The number of hydrogen-bond acceptors (Lipinski definition) is 5. The van der Waals surface area contributed by atoms with Crippen molar-refractivity contribution in [3.05, 3.63) is 35.4 Å². The maximum Gasteiger partial charge on any atom is 0.349 e. The van der Waals surface area contributed by atoms with Crippen molar-refractivity contribution in [2.75, 3.05) is 7.11 Å². The molecule has 0 aromatic heterocycles. The molecule has 6 heteroatoms. The van der Waals surface area contributed by atoms with Gasteiger partial charge in [0.05, 0.1) is 7.11 Å². The first-order chi connectivity index (χ1) is 14.4. The number of nitrogens with one attached hydrogen (secondary N) is 1. The minimum Gasteiger partial charge on any atom is -0.497 e. The predicted molar refractivity (Wildman–Crippen MR) is 111 cm³/mol. The number of amides is 1. The first-order valence-corrected chi connectivity index (χ1v) is 10.7. The van der Waals surface area contributed by atoms with Crippen molar-refractivity contribution < 1.29 is 19.1 Å². The third-order valence-corrected chi connectivity index (χ3v) is 6.85. The molecule has 6 nitrogen and oxygen atoms in total. The second kappa shape index (κ2) is 8.14. The van der Waals surface area contributed by atoms with Crippen LogP contribution in [0.5, 0.6) is 5.75 Å². The highest BCUT2D eigenvalue weighted by molar-refractivity contribution is 5.99. The molecule has 4 saturated carbocycles. The maximum atomic E-state index is 12.8. The van der Waals surface area contributed by atoms with E-state index in [4.69, 9.17) is 9.47 Å². The van der Waals surface area contributed by atoms with E-state index in [9.17, 15) is 14.9 Å². The molecule has 1 amide bonds. The summed E-state index contributed by atoms with van der Waals surface area (Å²) in [5.74, 6) is 1.77. The summed E-state index contributed by atoms with van der Waals surface area (Å²) in [7, 11) is 1.57. The lowest BCUT2D eigenvalue weighted by Gasteiger charge is -2.57. The van der Waals surface area contributed by atoms with Crippen LogP contribution in [0.25, 0.3) is 6.08 Å². The number of nitriles is 1. The third-order valence-electron chi connectivity index (χ3n) is 6.85. The van der Waals surface area contributed by atoms with Gasteiger partial charge in [0.1, 0.15) is 17.4 Å². The lowest BCUT2D eigenvalue weighted by Crippen LogP contribution is -2.61. The summed E-state index contributed by atoms with van der Waals surface area (Å²) in [6, 6.07) is 8.85. The Labute approximate surface area is 177 Å². The number of esters is 1. The summed E-state index contributed by atoms with van der Waals surface area (Å²) in [6.07, 6.45) is 7.48. The lowest BCUT2D eigenvalue weighted by molar-refractivity contribution is -0.153. The zero-order valence-electron chi connectivity index (χ0n) is 17.5. The van der Waals surface area contributed by atoms with Crippen molar-refractivity contribution in [1.29, 1.82) is 5.26 Å². The van der Waals surface area contributed by atoms with Crippen molar-refractivity contribution in [2.24, 2.45) is 17.8 Å². The van der Waals surface area contributed by atoms with Crippen molar-refractivity contribution in [1.82, 2.24) is 5.32 Å². The molecule has 0 heterocycles. The smallest absolute Gasteiger partial charge is 0.349 e. The van der Waals surface area contributed by atoms with Crippen LogP contribution in [0.3, 0.4) is 0 Å². The Bertz CT molecular complexity index is 861. The molecule has 1 aromatic rings. The minimum atomic E-state index is -0.946. The lowest BCUT2D eigenvalue weighted by atomic mass is 9.53. The summed E-state index contributed by atoms with van der Waals surface area (Å²) < 4.78 is 10.4. The number of benzene rings is 1. The van der Waals surface area contributed by atoms with E-state index in [1.165, 1.54) is 25.3 Å². The molecule has 1 N–H and O–H groups in total. The summed E-state index contributed by atoms with van der Waals surface area (Å²) in [4.78, 5) is 25.3. The molecule has 0 unspecified atom stereocenters. The molecule has 0 radical (unpaired) electrons. The second-order valence-corrected chi connectivity index (χ2v) is 9.18. The van der Waals surface area contributed by atoms with Crippen molar-refractivity contribution in [3.63, 3.8) is 0 Å². The van der Waals surface area contributed by atoms with Crippen molar-refractivity contribution in [3.8, 4) is 11.8 Å². The summed E-state index contributed by atoms with van der Waals surface area (Å²) in [5, 5.41) is 12.6. The van der Waals surface area contributed by atoms with Gasteiger partial charge in [-0.1, -0.05) is 12.1 Å². The number of carbonyl (C=O) groups excluding carboxylic acids is 2. The molecule has 4 bridgehead atoms. The Hall–Kier alpha value is -2.81. The number of nitrogens with zero attached hydrogens (tertiary/aromatic N) is 1. The zero-order chi connectivity index (χ0) is 21.3. The zero-order valence-corrected chi connectivity index (χ0v) is 17.5. The highest BCUT2D eigenvalue weighted by Gasteiger charge is 2.51. The molecule has 4 aliphatic carbocycles. The topological polar surface area (TPSA) is 88.4 Å². The molecule has 1 aromatic carbocycles. The monoisotopic (exact) mass is 408 g/mol. The second-order valence-electron chi connectivity index (χ2n) is 9.18. The summed E-state index contributed by atoms with van der Waals surface area (Å²) in [5.41, 5.74) is 0.397. The van der Waals surface area contributed by atoms with Gasteiger partial charge in [-0.2, -0.15) is 5.26 Å². The van der Waals surface area contributed by atoms with Gasteiger partial charge in [0.25, 0.3) is 5.91 Å². The quantitative estimate of drug-likeness (QED) is 0.441. The Morgan fingerprint density at radius 2 is 1.70 bits per heavy atom. The van der Waals surface area contributed by atoms with Crippen LogP contribution in [-0.4, -0.2) is 30.6 Å². The predicted octanol–water partition coefficient (Wildman–Crippen LogP) is 3.62. The fraction of sp³-hybridized carbons (Fsp3) is 0.542. The SMILES string of the molecule is COc1ccc(/C=C(\C#N)C(=O)O[C@H](C)C(=O)NC23CC4CC(CC(C4)C2)C3)cc1.